The Bertz CT molecular complexity index is 532. The molecule has 20 heavy (non-hydrogen) atoms. The molecule has 0 N–H and O–H groups in total. The van der Waals surface area contributed by atoms with Gasteiger partial charge in [-0.2, -0.15) is 0 Å². The number of hydrogen-bond donors (Lipinski definition) is 0. The van der Waals surface area contributed by atoms with Gasteiger partial charge in [-0.1, -0.05) is 6.42 Å². The minimum absolute atomic E-state index is 0.0536. The third-order valence-electron chi connectivity index (χ3n) is 5.00. The first-order valence-corrected chi connectivity index (χ1v) is 8.26. The van der Waals surface area contributed by atoms with Gasteiger partial charge in [-0.05, 0) is 42.2 Å². The van der Waals surface area contributed by atoms with Crippen molar-refractivity contribution in [1.29, 1.82) is 0 Å². The quantitative estimate of drug-likeness (QED) is 0.835. The van der Waals surface area contributed by atoms with Crippen LogP contribution in [0.3, 0.4) is 0 Å². The molecule has 4 rings (SSSR count). The van der Waals surface area contributed by atoms with Crippen LogP contribution in [0.25, 0.3) is 0 Å². The lowest BCUT2D eigenvalue weighted by Gasteiger charge is -2.34. The lowest BCUT2D eigenvalue weighted by Crippen LogP contribution is -2.52. The fourth-order valence-corrected chi connectivity index (χ4v) is 4.69. The van der Waals surface area contributed by atoms with Gasteiger partial charge in [0, 0.05) is 19.0 Å². The van der Waals surface area contributed by atoms with Crippen LogP contribution < -0.4 is 4.90 Å². The third-order valence-corrected chi connectivity index (χ3v) is 5.89. The lowest BCUT2D eigenvalue weighted by molar-refractivity contribution is -0.138. The van der Waals surface area contributed by atoms with Crippen molar-refractivity contribution in [2.45, 2.75) is 19.3 Å². The number of nitrogens with zero attached hydrogens (tertiary/aromatic N) is 2. The van der Waals surface area contributed by atoms with Crippen molar-refractivity contribution in [3.8, 4) is 0 Å². The number of carbonyl (C=O) groups excluding carboxylic acids is 2. The smallest absolute Gasteiger partial charge is 0.247 e. The molecule has 1 aromatic heterocycles. The molecule has 2 heterocycles. The average molecular weight is 290 g/mol. The van der Waals surface area contributed by atoms with Crippen LogP contribution in [0.1, 0.15) is 19.3 Å². The fraction of sp³-hybridized carbons (Fsp3) is 0.600. The van der Waals surface area contributed by atoms with Crippen molar-refractivity contribution in [2.24, 2.45) is 17.8 Å². The molecule has 0 bridgehead atoms. The largest absolute Gasteiger partial charge is 0.331 e. The monoisotopic (exact) mass is 290 g/mol. The summed E-state index contributed by atoms with van der Waals surface area (Å²) in [6.45, 7) is 1.57. The van der Waals surface area contributed by atoms with Crippen molar-refractivity contribution in [3.63, 3.8) is 0 Å². The highest BCUT2D eigenvalue weighted by Crippen LogP contribution is 2.58. The summed E-state index contributed by atoms with van der Waals surface area (Å²) in [6, 6.07) is 3.92. The molecular formula is C15H18N2O2S. The average Bonchev–Trinajstić information content (AvgIpc) is 2.91. The van der Waals surface area contributed by atoms with Crippen LogP contribution in [0.5, 0.6) is 0 Å². The molecule has 0 aromatic carbocycles. The zero-order valence-corrected chi connectivity index (χ0v) is 12.1. The molecule has 2 amide bonds. The van der Waals surface area contributed by atoms with E-state index in [1.807, 2.05) is 22.4 Å². The number of piperazine rings is 1. The van der Waals surface area contributed by atoms with Gasteiger partial charge < -0.3 is 9.80 Å². The first-order valence-electron chi connectivity index (χ1n) is 7.38. The Kier molecular flexibility index (Phi) is 2.84. The van der Waals surface area contributed by atoms with Crippen LogP contribution in [0.15, 0.2) is 17.5 Å². The van der Waals surface area contributed by atoms with Gasteiger partial charge in [0.05, 0.1) is 5.00 Å². The van der Waals surface area contributed by atoms with Gasteiger partial charge in [0.25, 0.3) is 0 Å². The van der Waals surface area contributed by atoms with E-state index in [-0.39, 0.29) is 24.3 Å². The maximum absolute atomic E-state index is 12.5. The molecule has 1 aromatic rings. The number of fused-ring (bicyclic) bond motifs is 1. The summed E-state index contributed by atoms with van der Waals surface area (Å²) in [5, 5.41) is 2.97. The summed E-state index contributed by atoms with van der Waals surface area (Å²) in [5.74, 6) is 1.79. The molecule has 106 valence electrons. The standard InChI is InChI=1S/C15H18N2O2S/c18-12-9-16(6-7-17(12)13-5-2-8-20-13)15(19)14-10-3-1-4-11(10)14/h2,5,8,10-11,14H,1,3-4,6-7,9H2. The van der Waals surface area contributed by atoms with Gasteiger partial charge in [0.2, 0.25) is 11.8 Å². The molecular weight excluding hydrogens is 272 g/mol. The maximum atomic E-state index is 12.5. The molecule has 4 nitrogen and oxygen atoms in total. The number of amides is 2. The van der Waals surface area contributed by atoms with Crippen LogP contribution in [0.4, 0.5) is 5.00 Å². The highest BCUT2D eigenvalue weighted by molar-refractivity contribution is 7.14. The molecule has 2 unspecified atom stereocenters. The Balaban J connectivity index is 1.41. The van der Waals surface area contributed by atoms with E-state index in [0.29, 0.717) is 24.9 Å². The van der Waals surface area contributed by atoms with Crippen LogP contribution in [0, 0.1) is 17.8 Å². The zero-order valence-electron chi connectivity index (χ0n) is 11.3. The second-order valence-corrected chi connectivity index (χ2v) is 6.97. The second-order valence-electron chi connectivity index (χ2n) is 6.04. The highest BCUT2D eigenvalue weighted by Gasteiger charge is 2.57. The number of thiophene rings is 1. The van der Waals surface area contributed by atoms with Gasteiger partial charge in [0.15, 0.2) is 0 Å². The van der Waals surface area contributed by atoms with E-state index >= 15 is 0 Å². The second kappa shape index (κ2) is 4.58. The SMILES string of the molecule is O=C(C1C2CCCC21)N1CCN(c2cccs2)C(=O)C1. The van der Waals surface area contributed by atoms with E-state index < -0.39 is 0 Å². The van der Waals surface area contributed by atoms with Crippen LogP contribution in [-0.4, -0.2) is 36.3 Å². The topological polar surface area (TPSA) is 40.6 Å². The van der Waals surface area contributed by atoms with Crippen LogP contribution in [-0.2, 0) is 9.59 Å². The van der Waals surface area contributed by atoms with E-state index in [1.54, 1.807) is 16.2 Å². The maximum Gasteiger partial charge on any atom is 0.247 e. The van der Waals surface area contributed by atoms with Crippen molar-refractivity contribution in [1.82, 2.24) is 4.90 Å². The molecule has 1 saturated heterocycles. The Morgan fingerprint density at radius 1 is 1.25 bits per heavy atom. The van der Waals surface area contributed by atoms with Crippen molar-refractivity contribution < 1.29 is 9.59 Å². The van der Waals surface area contributed by atoms with Crippen LogP contribution in [0.2, 0.25) is 0 Å². The van der Waals surface area contributed by atoms with Crippen molar-refractivity contribution >= 4 is 28.2 Å². The summed E-state index contributed by atoms with van der Waals surface area (Å²) in [6.07, 6.45) is 3.71. The third kappa shape index (κ3) is 1.87. The fourth-order valence-electron chi connectivity index (χ4n) is 3.92. The molecule has 0 spiro atoms. The number of carbonyl (C=O) groups is 2. The summed E-state index contributed by atoms with van der Waals surface area (Å²) in [7, 11) is 0. The molecule has 3 fully saturated rings. The molecule has 0 radical (unpaired) electrons. The van der Waals surface area contributed by atoms with E-state index in [2.05, 4.69) is 0 Å². The highest BCUT2D eigenvalue weighted by atomic mass is 32.1. The predicted octanol–water partition coefficient (Wildman–Crippen LogP) is 1.97. The first kappa shape index (κ1) is 12.4. The number of hydrogen-bond acceptors (Lipinski definition) is 3. The lowest BCUT2D eigenvalue weighted by atomic mass is 10.1. The Morgan fingerprint density at radius 2 is 2.05 bits per heavy atom. The van der Waals surface area contributed by atoms with Gasteiger partial charge in [0.1, 0.15) is 6.54 Å². The van der Waals surface area contributed by atoms with E-state index in [0.717, 1.165) is 5.00 Å². The molecule has 1 aliphatic heterocycles. The van der Waals surface area contributed by atoms with Gasteiger partial charge in [-0.3, -0.25) is 9.59 Å². The predicted molar refractivity (Wildman–Crippen MR) is 77.6 cm³/mol. The van der Waals surface area contributed by atoms with Gasteiger partial charge in [-0.25, -0.2) is 0 Å². The molecule has 2 atom stereocenters. The number of anilines is 1. The Morgan fingerprint density at radius 3 is 2.70 bits per heavy atom. The van der Waals surface area contributed by atoms with E-state index in [4.69, 9.17) is 0 Å². The molecule has 2 saturated carbocycles. The summed E-state index contributed by atoms with van der Waals surface area (Å²) in [4.78, 5) is 28.3. The van der Waals surface area contributed by atoms with E-state index in [9.17, 15) is 9.59 Å². The van der Waals surface area contributed by atoms with Crippen molar-refractivity contribution in [2.75, 3.05) is 24.5 Å². The Labute approximate surface area is 122 Å². The van der Waals surface area contributed by atoms with E-state index in [1.165, 1.54) is 19.3 Å². The minimum atomic E-state index is 0.0536. The summed E-state index contributed by atoms with van der Waals surface area (Å²) >= 11 is 1.58. The first-order chi connectivity index (χ1) is 9.75. The Hall–Kier alpha value is -1.36. The normalized spacial score (nSPS) is 32.4. The minimum Gasteiger partial charge on any atom is -0.331 e. The molecule has 5 heteroatoms. The van der Waals surface area contributed by atoms with Crippen molar-refractivity contribution in [3.05, 3.63) is 17.5 Å². The summed E-state index contributed by atoms with van der Waals surface area (Å²) < 4.78 is 0. The molecule has 2 aliphatic carbocycles. The van der Waals surface area contributed by atoms with Crippen LogP contribution >= 0.6 is 11.3 Å². The summed E-state index contributed by atoms with van der Waals surface area (Å²) in [5.41, 5.74) is 0. The zero-order chi connectivity index (χ0) is 13.7. The van der Waals surface area contributed by atoms with Gasteiger partial charge >= 0.3 is 0 Å². The molecule has 3 aliphatic rings. The van der Waals surface area contributed by atoms with Gasteiger partial charge in [-0.15, -0.1) is 11.3 Å². The number of rotatable bonds is 2.